The Morgan fingerprint density at radius 3 is 2.39 bits per heavy atom. The number of rotatable bonds is 11. The normalized spacial score (nSPS) is 12.7. The minimum atomic E-state index is -3.66. The summed E-state index contributed by atoms with van der Waals surface area (Å²) < 4.78 is 64.3. The number of aryl methyl sites for hydroxylation is 1. The molecule has 2 aromatic heterocycles. The number of carbonyl (C=O) groups is 1. The molecule has 0 aliphatic rings. The average molecular weight is 539 g/mol. The number of hydrogen-bond acceptors (Lipinski definition) is 10. The van der Waals surface area contributed by atoms with E-state index < -0.39 is 32.0 Å². The molecule has 12 nitrogen and oxygen atoms in total. The van der Waals surface area contributed by atoms with Crippen molar-refractivity contribution in [3.63, 3.8) is 0 Å². The van der Waals surface area contributed by atoms with E-state index >= 15 is 0 Å². The van der Waals surface area contributed by atoms with Gasteiger partial charge in [0.1, 0.15) is 30.0 Å². The highest BCUT2D eigenvalue weighted by Crippen LogP contribution is 2.29. The molecule has 0 bridgehead atoms. The number of benzene rings is 1. The number of pyridine rings is 1. The monoisotopic (exact) mass is 538 g/mol. The van der Waals surface area contributed by atoms with Gasteiger partial charge in [-0.2, -0.15) is 13.5 Å². The highest BCUT2D eigenvalue weighted by molar-refractivity contribution is 7.91. The van der Waals surface area contributed by atoms with Gasteiger partial charge < -0.3 is 14.8 Å². The molecule has 2 heterocycles. The van der Waals surface area contributed by atoms with E-state index in [1.807, 2.05) is 0 Å². The van der Waals surface area contributed by atoms with Crippen LogP contribution >= 0.6 is 0 Å². The maximum atomic E-state index is 12.9. The van der Waals surface area contributed by atoms with Gasteiger partial charge in [0.25, 0.3) is 16.0 Å². The lowest BCUT2D eigenvalue weighted by molar-refractivity contribution is 0.102. The molecule has 1 amide bonds. The quantitative estimate of drug-likeness (QED) is 0.360. The van der Waals surface area contributed by atoms with Gasteiger partial charge in [-0.15, -0.1) is 0 Å². The van der Waals surface area contributed by atoms with Gasteiger partial charge in [0.15, 0.2) is 20.7 Å². The summed E-state index contributed by atoms with van der Waals surface area (Å²) in [6, 6.07) is 8.80. The van der Waals surface area contributed by atoms with Crippen molar-refractivity contribution in [1.29, 1.82) is 0 Å². The molecule has 194 valence electrons. The van der Waals surface area contributed by atoms with Crippen LogP contribution in [0, 0.1) is 0 Å². The summed E-state index contributed by atoms with van der Waals surface area (Å²) in [5.41, 5.74) is 0.169. The fourth-order valence-corrected chi connectivity index (χ4v) is 4.10. The molecule has 0 aliphatic carbocycles. The topological polar surface area (TPSA) is 156 Å². The first-order valence-corrected chi connectivity index (χ1v) is 14.2. The van der Waals surface area contributed by atoms with Crippen LogP contribution in [-0.2, 0) is 31.2 Å². The van der Waals surface area contributed by atoms with Gasteiger partial charge in [-0.25, -0.2) is 13.4 Å². The third kappa shape index (κ3) is 7.76. The van der Waals surface area contributed by atoms with E-state index in [0.717, 1.165) is 6.26 Å². The van der Waals surface area contributed by atoms with Crippen LogP contribution in [0.2, 0.25) is 0 Å². The van der Waals surface area contributed by atoms with Crippen LogP contribution in [-0.4, -0.2) is 62.2 Å². The number of carbonyl (C=O) groups excluding carboxylic acids is 1. The Bertz CT molecular complexity index is 1430. The smallest absolute Gasteiger partial charge is 0.264 e. The van der Waals surface area contributed by atoms with E-state index in [0.29, 0.717) is 5.82 Å². The van der Waals surface area contributed by atoms with E-state index in [9.17, 15) is 21.6 Å². The number of hydrogen-bond donors (Lipinski definition) is 1. The van der Waals surface area contributed by atoms with E-state index in [1.54, 1.807) is 26.2 Å². The Kier molecular flexibility index (Phi) is 8.32. The number of sulfone groups is 1. The number of aromatic nitrogens is 3. The second kappa shape index (κ2) is 11.1. The third-order valence-electron chi connectivity index (χ3n) is 4.60. The molecular formula is C22H26N4O8S2. The van der Waals surface area contributed by atoms with Gasteiger partial charge >= 0.3 is 0 Å². The number of ether oxygens (including phenoxy) is 2. The minimum Gasteiger partial charge on any atom is -0.488 e. The van der Waals surface area contributed by atoms with Crippen molar-refractivity contribution < 1.29 is 35.3 Å². The van der Waals surface area contributed by atoms with Gasteiger partial charge in [0, 0.05) is 30.9 Å². The second-order valence-electron chi connectivity index (χ2n) is 7.78. The van der Waals surface area contributed by atoms with Crippen LogP contribution in [0.4, 0.5) is 5.82 Å². The molecule has 0 fully saturated rings. The van der Waals surface area contributed by atoms with Gasteiger partial charge in [-0.05, 0) is 31.2 Å². The van der Waals surface area contributed by atoms with Crippen molar-refractivity contribution in [1.82, 2.24) is 14.8 Å². The molecular weight excluding hydrogens is 512 g/mol. The maximum absolute atomic E-state index is 12.9. The second-order valence-corrected chi connectivity index (χ2v) is 11.6. The van der Waals surface area contributed by atoms with Crippen LogP contribution < -0.4 is 14.8 Å². The van der Waals surface area contributed by atoms with Crippen LogP contribution in [0.5, 0.6) is 17.2 Å². The lowest BCUT2D eigenvalue weighted by Crippen LogP contribution is -2.21. The van der Waals surface area contributed by atoms with Crippen molar-refractivity contribution in [2.75, 3.05) is 23.9 Å². The first kappa shape index (κ1) is 27.1. The summed E-state index contributed by atoms with van der Waals surface area (Å²) in [6.07, 6.45) is 3.18. The number of amides is 1. The molecule has 0 saturated carbocycles. The fourth-order valence-electron chi connectivity index (χ4n) is 2.88. The molecule has 36 heavy (non-hydrogen) atoms. The van der Waals surface area contributed by atoms with Gasteiger partial charge in [-0.1, -0.05) is 6.92 Å². The molecule has 0 unspecified atom stereocenters. The van der Waals surface area contributed by atoms with Crippen molar-refractivity contribution in [2.24, 2.45) is 7.05 Å². The Hall–Kier alpha value is -3.49. The van der Waals surface area contributed by atoms with Crippen molar-refractivity contribution >= 4 is 31.7 Å². The Morgan fingerprint density at radius 2 is 1.81 bits per heavy atom. The van der Waals surface area contributed by atoms with Crippen LogP contribution in [0.1, 0.15) is 24.2 Å². The summed E-state index contributed by atoms with van der Waals surface area (Å²) in [4.78, 5) is 16.8. The third-order valence-corrected chi connectivity index (χ3v) is 6.80. The van der Waals surface area contributed by atoms with Crippen LogP contribution in [0.25, 0.3) is 0 Å². The summed E-state index contributed by atoms with van der Waals surface area (Å²) in [7, 11) is -5.42. The molecule has 0 radical (unpaired) electrons. The summed E-state index contributed by atoms with van der Waals surface area (Å²) in [5, 5.41) is 6.69. The van der Waals surface area contributed by atoms with Crippen molar-refractivity contribution in [3.05, 3.63) is 54.4 Å². The summed E-state index contributed by atoms with van der Waals surface area (Å²) in [5.74, 6) is 0.390. The number of nitrogens with one attached hydrogen (secondary N) is 1. The van der Waals surface area contributed by atoms with E-state index in [-0.39, 0.29) is 40.2 Å². The summed E-state index contributed by atoms with van der Waals surface area (Å²) in [6.45, 7) is 2.88. The van der Waals surface area contributed by atoms with E-state index in [2.05, 4.69) is 15.4 Å². The lowest BCUT2D eigenvalue weighted by Gasteiger charge is -2.16. The number of nitrogens with zero attached hydrogens (tertiary/aromatic N) is 3. The van der Waals surface area contributed by atoms with Crippen LogP contribution in [0.15, 0.2) is 53.8 Å². The minimum absolute atomic E-state index is 0.0791. The first-order valence-electron chi connectivity index (χ1n) is 10.7. The molecule has 14 heteroatoms. The molecule has 1 aromatic carbocycles. The standard InChI is InChI=1S/C22H26N4O8S2/c1-5-36(30,31)21-7-6-17(13-23-21)34-19-11-16(22(27)24-20-8-9-26(3)25-20)10-18(12-19)33-15(2)14-32-35(4,28)29/h6-13,15H,5,14H2,1-4H3,(H,24,25,27)/t15-/m0/s1. The predicted octanol–water partition coefficient (Wildman–Crippen LogP) is 2.40. The zero-order valence-electron chi connectivity index (χ0n) is 20.0. The molecule has 3 aromatic rings. The van der Waals surface area contributed by atoms with Gasteiger partial charge in [0.05, 0.1) is 18.2 Å². The molecule has 1 atom stereocenters. The Morgan fingerprint density at radius 1 is 1.08 bits per heavy atom. The molecule has 1 N–H and O–H groups in total. The zero-order valence-corrected chi connectivity index (χ0v) is 21.7. The largest absolute Gasteiger partial charge is 0.488 e. The predicted molar refractivity (Wildman–Crippen MR) is 131 cm³/mol. The van der Waals surface area contributed by atoms with Gasteiger partial charge in [-0.3, -0.25) is 13.7 Å². The summed E-state index contributed by atoms with van der Waals surface area (Å²) >= 11 is 0. The number of anilines is 1. The van der Waals surface area contributed by atoms with Crippen LogP contribution in [0.3, 0.4) is 0 Å². The van der Waals surface area contributed by atoms with Crippen molar-refractivity contribution in [3.8, 4) is 17.2 Å². The van der Waals surface area contributed by atoms with E-state index in [1.165, 1.54) is 48.1 Å². The molecule has 0 aliphatic heterocycles. The molecule has 0 saturated heterocycles. The molecule has 0 spiro atoms. The SMILES string of the molecule is CCS(=O)(=O)c1ccc(Oc2cc(O[C@@H](C)COS(C)(=O)=O)cc(C(=O)Nc3ccn(C)n3)c2)cn1. The first-order chi connectivity index (χ1) is 16.8. The maximum Gasteiger partial charge on any atom is 0.264 e. The van der Waals surface area contributed by atoms with E-state index in [4.69, 9.17) is 13.7 Å². The lowest BCUT2D eigenvalue weighted by atomic mass is 10.2. The van der Waals surface area contributed by atoms with Gasteiger partial charge in [0.2, 0.25) is 0 Å². The Balaban J connectivity index is 1.86. The zero-order chi connectivity index (χ0) is 26.5. The average Bonchev–Trinajstić information content (AvgIpc) is 3.22. The fraction of sp³-hybridized carbons (Fsp3) is 0.318. The highest BCUT2D eigenvalue weighted by Gasteiger charge is 2.17. The molecule has 3 rings (SSSR count). The Labute approximate surface area is 209 Å². The van der Waals surface area contributed by atoms with Crippen molar-refractivity contribution in [2.45, 2.75) is 25.0 Å². The highest BCUT2D eigenvalue weighted by atomic mass is 32.2.